The number of pyridine rings is 1. The van der Waals surface area contributed by atoms with Crippen molar-refractivity contribution >= 4 is 22.7 Å². The van der Waals surface area contributed by atoms with Crippen LogP contribution in [0.15, 0.2) is 43.0 Å². The summed E-state index contributed by atoms with van der Waals surface area (Å²) in [6.07, 6.45) is 2.59. The average molecular weight is 256 g/mol. The van der Waals surface area contributed by atoms with Gasteiger partial charge in [0.15, 0.2) is 0 Å². The predicted octanol–water partition coefficient (Wildman–Crippen LogP) is 2.95. The monoisotopic (exact) mass is 256 g/mol. The summed E-state index contributed by atoms with van der Waals surface area (Å²) in [4.78, 5) is 17.7. The van der Waals surface area contributed by atoms with Crippen molar-refractivity contribution in [2.75, 3.05) is 18.5 Å². The number of anilines is 1. The average Bonchev–Trinajstić information content (AvgIpc) is 2.43. The van der Waals surface area contributed by atoms with E-state index in [1.165, 1.54) is 0 Å². The second-order valence-electron chi connectivity index (χ2n) is 4.36. The Labute approximate surface area is 112 Å². The maximum atomic E-state index is 11.4. The highest BCUT2D eigenvalue weighted by atomic mass is 16.4. The highest BCUT2D eigenvalue weighted by Crippen LogP contribution is 2.23. The summed E-state index contributed by atoms with van der Waals surface area (Å²) in [5.74, 6) is -0.466. The number of benzene rings is 1. The molecule has 4 nitrogen and oxygen atoms in total. The topological polar surface area (TPSA) is 53.4 Å². The molecule has 0 aliphatic rings. The number of carboxylic acids is 1. The van der Waals surface area contributed by atoms with Gasteiger partial charge >= 0.3 is 5.97 Å². The summed E-state index contributed by atoms with van der Waals surface area (Å²) in [6, 6.07) is 9.18. The molecule has 4 heteroatoms. The van der Waals surface area contributed by atoms with Gasteiger partial charge in [0, 0.05) is 19.0 Å². The largest absolute Gasteiger partial charge is 0.478 e. The molecule has 1 N–H and O–H groups in total. The summed E-state index contributed by atoms with van der Waals surface area (Å²) in [5, 5.41) is 10.1. The molecule has 1 aromatic carbocycles. The number of hydrogen-bond acceptors (Lipinski definition) is 3. The maximum absolute atomic E-state index is 11.4. The van der Waals surface area contributed by atoms with Crippen LogP contribution in [0.3, 0.4) is 0 Å². The number of carbonyl (C=O) groups is 1. The molecular weight excluding hydrogens is 240 g/mol. The van der Waals surface area contributed by atoms with E-state index >= 15 is 0 Å². The molecule has 0 fully saturated rings. The van der Waals surface area contributed by atoms with E-state index in [0.717, 1.165) is 17.3 Å². The van der Waals surface area contributed by atoms with Crippen molar-refractivity contribution in [1.29, 1.82) is 0 Å². The fourth-order valence-electron chi connectivity index (χ4n) is 1.94. The Bertz CT molecular complexity index is 623. The summed E-state index contributed by atoms with van der Waals surface area (Å²) in [5.41, 5.74) is 1.03. The van der Waals surface area contributed by atoms with Crippen LogP contribution in [0.5, 0.6) is 0 Å². The van der Waals surface area contributed by atoms with Gasteiger partial charge in [-0.15, -0.1) is 6.58 Å². The highest BCUT2D eigenvalue weighted by molar-refractivity contribution is 5.98. The van der Waals surface area contributed by atoms with E-state index in [-0.39, 0.29) is 5.56 Å². The second kappa shape index (κ2) is 5.52. The van der Waals surface area contributed by atoms with Crippen molar-refractivity contribution in [3.63, 3.8) is 0 Å². The summed E-state index contributed by atoms with van der Waals surface area (Å²) in [6.45, 7) is 4.36. The quantitative estimate of drug-likeness (QED) is 0.836. The molecule has 0 radical (unpaired) electrons. The van der Waals surface area contributed by atoms with Gasteiger partial charge in [0.25, 0.3) is 0 Å². The van der Waals surface area contributed by atoms with E-state index in [0.29, 0.717) is 12.4 Å². The Morgan fingerprint density at radius 1 is 1.47 bits per heavy atom. The molecular formula is C15H16N2O2. The first-order valence-electron chi connectivity index (χ1n) is 6.08. The third kappa shape index (κ3) is 2.73. The SMILES string of the molecule is C=CCCN(C)c1nc2ccccc2cc1C(=O)O. The van der Waals surface area contributed by atoms with Gasteiger partial charge in [-0.2, -0.15) is 0 Å². The van der Waals surface area contributed by atoms with Crippen molar-refractivity contribution in [2.45, 2.75) is 6.42 Å². The molecule has 0 aliphatic heterocycles. The number of rotatable bonds is 5. The lowest BCUT2D eigenvalue weighted by molar-refractivity contribution is 0.0697. The number of aromatic carboxylic acids is 1. The van der Waals surface area contributed by atoms with Gasteiger partial charge in [-0.05, 0) is 18.6 Å². The van der Waals surface area contributed by atoms with Crippen molar-refractivity contribution in [3.8, 4) is 0 Å². The molecule has 0 spiro atoms. The van der Waals surface area contributed by atoms with Gasteiger partial charge in [0.05, 0.1) is 5.52 Å². The zero-order chi connectivity index (χ0) is 13.8. The highest BCUT2D eigenvalue weighted by Gasteiger charge is 2.16. The Kier molecular flexibility index (Phi) is 3.80. The fourth-order valence-corrected chi connectivity index (χ4v) is 1.94. The van der Waals surface area contributed by atoms with Crippen molar-refractivity contribution in [1.82, 2.24) is 4.98 Å². The van der Waals surface area contributed by atoms with Crippen molar-refractivity contribution in [2.24, 2.45) is 0 Å². The molecule has 0 saturated carbocycles. The summed E-state index contributed by atoms with van der Waals surface area (Å²) >= 11 is 0. The van der Waals surface area contributed by atoms with E-state index in [4.69, 9.17) is 0 Å². The third-order valence-electron chi connectivity index (χ3n) is 2.96. The van der Waals surface area contributed by atoms with Crippen molar-refractivity contribution in [3.05, 3.63) is 48.6 Å². The number of nitrogens with zero attached hydrogens (tertiary/aromatic N) is 2. The molecule has 0 atom stereocenters. The minimum Gasteiger partial charge on any atom is -0.478 e. The first-order chi connectivity index (χ1) is 9.13. The molecule has 19 heavy (non-hydrogen) atoms. The van der Waals surface area contributed by atoms with Gasteiger partial charge in [-0.25, -0.2) is 9.78 Å². The summed E-state index contributed by atoms with van der Waals surface area (Å²) < 4.78 is 0. The lowest BCUT2D eigenvalue weighted by Gasteiger charge is -2.19. The van der Waals surface area contributed by atoms with Crippen LogP contribution in [-0.2, 0) is 0 Å². The normalized spacial score (nSPS) is 10.4. The van der Waals surface area contributed by atoms with Crippen LogP contribution < -0.4 is 4.90 Å². The van der Waals surface area contributed by atoms with Gasteiger partial charge < -0.3 is 10.0 Å². The van der Waals surface area contributed by atoms with Crippen LogP contribution in [0, 0.1) is 0 Å². The van der Waals surface area contributed by atoms with Gasteiger partial charge in [-0.3, -0.25) is 0 Å². The minimum absolute atomic E-state index is 0.227. The molecule has 0 aliphatic carbocycles. The zero-order valence-electron chi connectivity index (χ0n) is 10.8. The first-order valence-corrected chi connectivity index (χ1v) is 6.08. The van der Waals surface area contributed by atoms with E-state index in [9.17, 15) is 9.90 Å². The molecule has 0 amide bonds. The van der Waals surface area contributed by atoms with Crippen LogP contribution in [0.4, 0.5) is 5.82 Å². The number of aromatic nitrogens is 1. The van der Waals surface area contributed by atoms with E-state index in [2.05, 4.69) is 11.6 Å². The molecule has 2 aromatic rings. The standard InChI is InChI=1S/C15H16N2O2/c1-3-4-9-17(2)14-12(15(18)19)10-11-7-5-6-8-13(11)16-14/h3,5-8,10H,1,4,9H2,2H3,(H,18,19). The molecule has 1 heterocycles. The van der Waals surface area contributed by atoms with Crippen LogP contribution in [-0.4, -0.2) is 29.7 Å². The fraction of sp³-hybridized carbons (Fsp3) is 0.200. The molecule has 0 bridgehead atoms. The van der Waals surface area contributed by atoms with Crippen LogP contribution in [0.2, 0.25) is 0 Å². The Morgan fingerprint density at radius 2 is 2.21 bits per heavy atom. The molecule has 0 unspecified atom stereocenters. The lowest BCUT2D eigenvalue weighted by atomic mass is 10.1. The molecule has 2 rings (SSSR count). The van der Waals surface area contributed by atoms with Crippen LogP contribution >= 0.6 is 0 Å². The van der Waals surface area contributed by atoms with Gasteiger partial charge in [0.1, 0.15) is 11.4 Å². The van der Waals surface area contributed by atoms with Crippen LogP contribution in [0.25, 0.3) is 10.9 Å². The maximum Gasteiger partial charge on any atom is 0.339 e. The Hall–Kier alpha value is -2.36. The van der Waals surface area contributed by atoms with Gasteiger partial charge in [-0.1, -0.05) is 24.3 Å². The number of para-hydroxylation sites is 1. The number of fused-ring (bicyclic) bond motifs is 1. The van der Waals surface area contributed by atoms with E-state index in [1.807, 2.05) is 36.2 Å². The second-order valence-corrected chi connectivity index (χ2v) is 4.36. The predicted molar refractivity (Wildman–Crippen MR) is 76.8 cm³/mol. The third-order valence-corrected chi connectivity index (χ3v) is 2.96. The number of hydrogen-bond donors (Lipinski definition) is 1. The smallest absolute Gasteiger partial charge is 0.339 e. The summed E-state index contributed by atoms with van der Waals surface area (Å²) in [7, 11) is 1.84. The zero-order valence-corrected chi connectivity index (χ0v) is 10.8. The molecule has 98 valence electrons. The lowest BCUT2D eigenvalue weighted by Crippen LogP contribution is -2.22. The van der Waals surface area contributed by atoms with Crippen LogP contribution in [0.1, 0.15) is 16.8 Å². The number of carboxylic acid groups (broad SMARTS) is 1. The van der Waals surface area contributed by atoms with Gasteiger partial charge in [0.2, 0.25) is 0 Å². The van der Waals surface area contributed by atoms with E-state index in [1.54, 1.807) is 12.1 Å². The first kappa shape index (κ1) is 13.1. The Balaban J connectivity index is 2.53. The molecule has 1 aromatic heterocycles. The molecule has 0 saturated heterocycles. The Morgan fingerprint density at radius 3 is 2.89 bits per heavy atom. The van der Waals surface area contributed by atoms with E-state index < -0.39 is 5.97 Å². The van der Waals surface area contributed by atoms with Crippen molar-refractivity contribution < 1.29 is 9.90 Å². The minimum atomic E-state index is -0.960.